The first-order chi connectivity index (χ1) is 12.6. The van der Waals surface area contributed by atoms with Crippen LogP contribution in [0.2, 0.25) is 0 Å². The molecule has 0 radical (unpaired) electrons. The van der Waals surface area contributed by atoms with Crippen LogP contribution in [0, 0.1) is 5.92 Å². The van der Waals surface area contributed by atoms with E-state index in [4.69, 9.17) is 4.74 Å². The van der Waals surface area contributed by atoms with Gasteiger partial charge in [-0.25, -0.2) is 0 Å². The molecule has 2 heterocycles. The average molecular weight is 383 g/mol. The largest absolute Gasteiger partial charge is 0.466 e. The molecule has 2 aliphatic heterocycles. The number of carbonyl (C=O) groups is 3. The molecule has 146 valence electrons. The minimum Gasteiger partial charge on any atom is -0.466 e. The van der Waals surface area contributed by atoms with Crippen LogP contribution in [0.1, 0.15) is 58.3 Å². The van der Waals surface area contributed by atoms with Crippen LogP contribution in [0.3, 0.4) is 0 Å². The summed E-state index contributed by atoms with van der Waals surface area (Å²) in [5.41, 5.74) is 0. The number of amides is 2. The minimum absolute atomic E-state index is 0.0181. The first-order valence-electron chi connectivity index (χ1n) is 9.94. The molecule has 0 bridgehead atoms. The Morgan fingerprint density at radius 2 is 1.77 bits per heavy atom. The second kappa shape index (κ2) is 8.63. The summed E-state index contributed by atoms with van der Waals surface area (Å²) in [4.78, 5) is 40.6. The molecule has 0 unspecified atom stereocenters. The fraction of sp³-hybridized carbons (Fsp3) is 0.842. The predicted octanol–water partition coefficient (Wildman–Crippen LogP) is 2.41. The van der Waals surface area contributed by atoms with Crippen molar-refractivity contribution in [3.63, 3.8) is 0 Å². The quantitative estimate of drug-likeness (QED) is 0.683. The van der Waals surface area contributed by atoms with E-state index in [0.717, 1.165) is 38.0 Å². The third-order valence-electron chi connectivity index (χ3n) is 5.89. The Kier molecular flexibility index (Phi) is 6.48. The van der Waals surface area contributed by atoms with Crippen molar-refractivity contribution in [1.82, 2.24) is 9.80 Å². The van der Waals surface area contributed by atoms with E-state index in [1.807, 2.05) is 16.7 Å². The van der Waals surface area contributed by atoms with Gasteiger partial charge in [0.2, 0.25) is 11.8 Å². The SMILES string of the molecule is CCOC(=O)CCC(=O)N1CCC2(CC1)SCCN2C(=O)C1CCCC1. The lowest BCUT2D eigenvalue weighted by Gasteiger charge is -2.44. The van der Waals surface area contributed by atoms with Crippen LogP contribution >= 0.6 is 11.8 Å². The van der Waals surface area contributed by atoms with E-state index >= 15 is 0 Å². The second-order valence-corrected chi connectivity index (χ2v) is 8.91. The number of likely N-dealkylation sites (tertiary alicyclic amines) is 1. The van der Waals surface area contributed by atoms with E-state index < -0.39 is 0 Å². The lowest BCUT2D eigenvalue weighted by Crippen LogP contribution is -2.54. The van der Waals surface area contributed by atoms with Gasteiger partial charge in [-0.2, -0.15) is 0 Å². The van der Waals surface area contributed by atoms with Crippen LogP contribution < -0.4 is 0 Å². The molecule has 3 fully saturated rings. The number of esters is 1. The molecule has 1 spiro atoms. The van der Waals surface area contributed by atoms with Crippen LogP contribution in [-0.4, -0.2) is 64.4 Å². The lowest BCUT2D eigenvalue weighted by atomic mass is 9.98. The molecule has 0 N–H and O–H groups in total. The molecule has 0 atom stereocenters. The normalized spacial score (nSPS) is 22.8. The summed E-state index contributed by atoms with van der Waals surface area (Å²) in [7, 11) is 0. The molecule has 3 aliphatic rings. The summed E-state index contributed by atoms with van der Waals surface area (Å²) >= 11 is 1.89. The molecule has 1 aliphatic carbocycles. The van der Waals surface area contributed by atoms with Gasteiger partial charge in [0.1, 0.15) is 0 Å². The van der Waals surface area contributed by atoms with Crippen LogP contribution in [0.15, 0.2) is 0 Å². The lowest BCUT2D eigenvalue weighted by molar-refractivity contribution is -0.146. The topological polar surface area (TPSA) is 66.9 Å². The summed E-state index contributed by atoms with van der Waals surface area (Å²) in [5.74, 6) is 1.26. The third kappa shape index (κ3) is 4.18. The van der Waals surface area contributed by atoms with Crippen molar-refractivity contribution in [2.24, 2.45) is 5.92 Å². The Morgan fingerprint density at radius 3 is 2.42 bits per heavy atom. The van der Waals surface area contributed by atoms with Crippen molar-refractivity contribution >= 4 is 29.5 Å². The highest BCUT2D eigenvalue weighted by Gasteiger charge is 2.48. The summed E-state index contributed by atoms with van der Waals surface area (Å²) in [6.07, 6.45) is 6.45. The van der Waals surface area contributed by atoms with Crippen LogP contribution in [0.25, 0.3) is 0 Å². The van der Waals surface area contributed by atoms with Crippen molar-refractivity contribution < 1.29 is 19.1 Å². The van der Waals surface area contributed by atoms with Gasteiger partial charge in [-0.3, -0.25) is 14.4 Å². The molecular weight excluding hydrogens is 352 g/mol. The average Bonchev–Trinajstić information content (AvgIpc) is 3.31. The summed E-state index contributed by atoms with van der Waals surface area (Å²) < 4.78 is 4.89. The van der Waals surface area contributed by atoms with Crippen LogP contribution in [-0.2, 0) is 19.1 Å². The van der Waals surface area contributed by atoms with E-state index in [1.54, 1.807) is 6.92 Å². The highest BCUT2D eigenvalue weighted by atomic mass is 32.2. The van der Waals surface area contributed by atoms with Crippen molar-refractivity contribution in [1.29, 1.82) is 0 Å². The van der Waals surface area contributed by atoms with Crippen molar-refractivity contribution in [2.45, 2.75) is 63.2 Å². The Labute approximate surface area is 160 Å². The maximum Gasteiger partial charge on any atom is 0.306 e. The number of rotatable bonds is 5. The fourth-order valence-corrected chi connectivity index (χ4v) is 5.89. The van der Waals surface area contributed by atoms with Crippen molar-refractivity contribution in [2.75, 3.05) is 32.0 Å². The number of thioether (sulfide) groups is 1. The zero-order valence-corrected chi connectivity index (χ0v) is 16.5. The van der Waals surface area contributed by atoms with E-state index in [9.17, 15) is 14.4 Å². The van der Waals surface area contributed by atoms with Gasteiger partial charge in [-0.15, -0.1) is 11.8 Å². The smallest absolute Gasteiger partial charge is 0.306 e. The minimum atomic E-state index is -0.311. The maximum absolute atomic E-state index is 13.0. The zero-order chi connectivity index (χ0) is 18.6. The van der Waals surface area contributed by atoms with Crippen molar-refractivity contribution in [3.8, 4) is 0 Å². The van der Waals surface area contributed by atoms with Gasteiger partial charge in [0, 0.05) is 37.7 Å². The first kappa shape index (κ1) is 19.5. The number of ether oxygens (including phenoxy) is 1. The molecule has 0 aromatic heterocycles. The zero-order valence-electron chi connectivity index (χ0n) is 15.7. The van der Waals surface area contributed by atoms with E-state index in [2.05, 4.69) is 4.90 Å². The van der Waals surface area contributed by atoms with Gasteiger partial charge in [0.05, 0.1) is 17.9 Å². The van der Waals surface area contributed by atoms with E-state index in [0.29, 0.717) is 25.6 Å². The molecule has 2 amide bonds. The molecule has 7 heteroatoms. The Morgan fingerprint density at radius 1 is 1.08 bits per heavy atom. The Bertz CT molecular complexity index is 540. The Hall–Kier alpha value is -1.24. The molecule has 3 rings (SSSR count). The molecular formula is C19H30N2O4S. The van der Waals surface area contributed by atoms with Crippen LogP contribution in [0.5, 0.6) is 0 Å². The van der Waals surface area contributed by atoms with E-state index in [1.165, 1.54) is 12.8 Å². The number of hydrogen-bond acceptors (Lipinski definition) is 5. The van der Waals surface area contributed by atoms with Gasteiger partial charge in [0.25, 0.3) is 0 Å². The first-order valence-corrected chi connectivity index (χ1v) is 10.9. The predicted molar refractivity (Wildman–Crippen MR) is 101 cm³/mol. The molecule has 0 aromatic rings. The number of hydrogen-bond donors (Lipinski definition) is 0. The van der Waals surface area contributed by atoms with Crippen LogP contribution in [0.4, 0.5) is 0 Å². The second-order valence-electron chi connectivity index (χ2n) is 7.45. The number of piperidine rings is 1. The third-order valence-corrected chi connectivity index (χ3v) is 7.45. The molecule has 6 nitrogen and oxygen atoms in total. The van der Waals surface area contributed by atoms with Gasteiger partial charge in [-0.05, 0) is 32.6 Å². The summed E-state index contributed by atoms with van der Waals surface area (Å²) in [6, 6.07) is 0. The standard InChI is InChI=1S/C19H30N2O4S/c1-2-25-17(23)8-7-16(22)20-11-9-19(10-12-20)21(13-14-26-19)18(24)15-5-3-4-6-15/h15H,2-14H2,1H3. The van der Waals surface area contributed by atoms with Gasteiger partial charge in [0.15, 0.2) is 0 Å². The van der Waals surface area contributed by atoms with Gasteiger partial charge in [-0.1, -0.05) is 12.8 Å². The molecule has 1 saturated carbocycles. The highest BCUT2D eigenvalue weighted by Crippen LogP contribution is 2.45. The summed E-state index contributed by atoms with van der Waals surface area (Å²) in [5, 5.41) is 0. The molecule has 0 aromatic carbocycles. The highest BCUT2D eigenvalue weighted by molar-refractivity contribution is 8.00. The maximum atomic E-state index is 13.0. The molecule has 2 saturated heterocycles. The molecule has 26 heavy (non-hydrogen) atoms. The Balaban J connectivity index is 1.52. The van der Waals surface area contributed by atoms with Gasteiger partial charge < -0.3 is 14.5 Å². The van der Waals surface area contributed by atoms with Crippen molar-refractivity contribution in [3.05, 3.63) is 0 Å². The summed E-state index contributed by atoms with van der Waals surface area (Å²) in [6.45, 7) is 4.30. The fourth-order valence-electron chi connectivity index (χ4n) is 4.43. The monoisotopic (exact) mass is 382 g/mol. The number of carbonyl (C=O) groups excluding carboxylic acids is 3. The van der Waals surface area contributed by atoms with E-state index in [-0.39, 0.29) is 35.5 Å². The number of nitrogens with zero attached hydrogens (tertiary/aromatic N) is 2. The van der Waals surface area contributed by atoms with Gasteiger partial charge >= 0.3 is 5.97 Å².